The maximum atomic E-state index is 8.76. The van der Waals surface area contributed by atoms with Crippen LogP contribution in [0.5, 0.6) is 0 Å². The summed E-state index contributed by atoms with van der Waals surface area (Å²) in [5, 5.41) is 8.76. The van der Waals surface area contributed by atoms with E-state index < -0.39 is 0 Å². The predicted molar refractivity (Wildman–Crippen MR) is 70.4 cm³/mol. The Hall–Kier alpha value is -0.900. The van der Waals surface area contributed by atoms with Crippen molar-refractivity contribution < 1.29 is 14.6 Å². The molecule has 0 bridgehead atoms. The van der Waals surface area contributed by atoms with Crippen LogP contribution in [0.25, 0.3) is 0 Å². The van der Waals surface area contributed by atoms with Gasteiger partial charge >= 0.3 is 0 Å². The lowest BCUT2D eigenvalue weighted by Crippen LogP contribution is -2.18. The minimum absolute atomic E-state index is 0.133. The summed E-state index contributed by atoms with van der Waals surface area (Å²) in [6.07, 6.45) is 2.87. The first-order valence-corrected chi connectivity index (χ1v) is 6.74. The van der Waals surface area contributed by atoms with Gasteiger partial charge in [0.2, 0.25) is 0 Å². The first-order valence-electron chi connectivity index (χ1n) is 6.74. The van der Waals surface area contributed by atoms with Crippen LogP contribution in [0.3, 0.4) is 0 Å². The molecule has 1 aliphatic heterocycles. The molecule has 1 N–H and O–H groups in total. The minimum Gasteiger partial charge on any atom is -0.396 e. The van der Waals surface area contributed by atoms with E-state index in [-0.39, 0.29) is 24.9 Å². The predicted octanol–water partition coefficient (Wildman–Crippen LogP) is 2.69. The standard InChI is InChI=1S/C15H22O3/c1-12(13-7-3-2-4-8-13)15-17-11-14(18-15)9-5-6-10-16/h2-4,7-8,12,14-16H,5-6,9-11H2,1H3/t12-,14+,15-/m1/s1. The Balaban J connectivity index is 1.81. The van der Waals surface area contributed by atoms with E-state index in [1.807, 2.05) is 18.2 Å². The molecule has 0 aromatic heterocycles. The van der Waals surface area contributed by atoms with Crippen molar-refractivity contribution in [3.8, 4) is 0 Å². The van der Waals surface area contributed by atoms with Gasteiger partial charge in [0.15, 0.2) is 6.29 Å². The number of ether oxygens (including phenoxy) is 2. The zero-order valence-electron chi connectivity index (χ0n) is 10.9. The van der Waals surface area contributed by atoms with Crippen LogP contribution in [-0.2, 0) is 9.47 Å². The number of hydrogen-bond acceptors (Lipinski definition) is 3. The van der Waals surface area contributed by atoms with E-state index in [0.717, 1.165) is 19.3 Å². The van der Waals surface area contributed by atoms with Gasteiger partial charge in [0.25, 0.3) is 0 Å². The van der Waals surface area contributed by atoms with Crippen molar-refractivity contribution in [2.45, 2.75) is 44.5 Å². The summed E-state index contributed by atoms with van der Waals surface area (Å²) in [5.74, 6) is 0.258. The van der Waals surface area contributed by atoms with Crippen molar-refractivity contribution in [1.29, 1.82) is 0 Å². The maximum Gasteiger partial charge on any atom is 0.164 e. The van der Waals surface area contributed by atoms with E-state index in [2.05, 4.69) is 19.1 Å². The highest BCUT2D eigenvalue weighted by molar-refractivity contribution is 5.19. The van der Waals surface area contributed by atoms with Gasteiger partial charge in [0.1, 0.15) is 0 Å². The van der Waals surface area contributed by atoms with Crippen LogP contribution in [0.4, 0.5) is 0 Å². The first kappa shape index (κ1) is 13.5. The smallest absolute Gasteiger partial charge is 0.164 e. The summed E-state index contributed by atoms with van der Waals surface area (Å²) in [4.78, 5) is 0. The summed E-state index contributed by atoms with van der Waals surface area (Å²) in [6.45, 7) is 3.07. The van der Waals surface area contributed by atoms with Crippen LogP contribution in [0.15, 0.2) is 30.3 Å². The molecule has 1 aromatic rings. The molecule has 0 radical (unpaired) electrons. The highest BCUT2D eigenvalue weighted by Crippen LogP contribution is 2.28. The fourth-order valence-corrected chi connectivity index (χ4v) is 2.28. The van der Waals surface area contributed by atoms with Crippen molar-refractivity contribution in [2.75, 3.05) is 13.2 Å². The zero-order valence-corrected chi connectivity index (χ0v) is 10.9. The second-order valence-corrected chi connectivity index (χ2v) is 4.88. The van der Waals surface area contributed by atoms with E-state index >= 15 is 0 Å². The molecule has 0 spiro atoms. The molecule has 1 fully saturated rings. The van der Waals surface area contributed by atoms with Crippen LogP contribution >= 0.6 is 0 Å². The van der Waals surface area contributed by atoms with Gasteiger partial charge in [-0.3, -0.25) is 0 Å². The number of hydrogen-bond donors (Lipinski definition) is 1. The first-order chi connectivity index (χ1) is 8.81. The van der Waals surface area contributed by atoms with Gasteiger partial charge in [-0.25, -0.2) is 0 Å². The van der Waals surface area contributed by atoms with Crippen molar-refractivity contribution in [1.82, 2.24) is 0 Å². The number of unbranched alkanes of at least 4 members (excludes halogenated alkanes) is 1. The second kappa shape index (κ2) is 6.88. The lowest BCUT2D eigenvalue weighted by Gasteiger charge is -2.19. The van der Waals surface area contributed by atoms with Crippen molar-refractivity contribution >= 4 is 0 Å². The summed E-state index contributed by atoms with van der Waals surface area (Å²) in [5.41, 5.74) is 1.25. The van der Waals surface area contributed by atoms with Crippen LogP contribution in [0.1, 0.15) is 37.7 Å². The highest BCUT2D eigenvalue weighted by atomic mass is 16.7. The van der Waals surface area contributed by atoms with Crippen LogP contribution in [-0.4, -0.2) is 30.7 Å². The molecule has 3 nitrogen and oxygen atoms in total. The molecule has 3 heteroatoms. The van der Waals surface area contributed by atoms with Gasteiger partial charge in [-0.1, -0.05) is 37.3 Å². The Kier molecular flexibility index (Phi) is 5.17. The SMILES string of the molecule is C[C@H](c1ccccc1)[C@@H]1OC[C@H](CCCCO)O1. The van der Waals surface area contributed by atoms with E-state index in [4.69, 9.17) is 14.6 Å². The molecular formula is C15H22O3. The molecule has 0 aliphatic carbocycles. The van der Waals surface area contributed by atoms with Crippen LogP contribution in [0.2, 0.25) is 0 Å². The Labute approximate surface area is 109 Å². The molecule has 0 unspecified atom stereocenters. The quantitative estimate of drug-likeness (QED) is 0.789. The summed E-state index contributed by atoms with van der Waals surface area (Å²) >= 11 is 0. The van der Waals surface area contributed by atoms with Gasteiger partial charge in [-0.05, 0) is 24.8 Å². The number of aliphatic hydroxyl groups is 1. The van der Waals surface area contributed by atoms with Gasteiger partial charge in [0, 0.05) is 12.5 Å². The van der Waals surface area contributed by atoms with Crippen molar-refractivity contribution in [3.63, 3.8) is 0 Å². The van der Waals surface area contributed by atoms with Gasteiger partial charge in [-0.15, -0.1) is 0 Å². The summed E-state index contributed by atoms with van der Waals surface area (Å²) < 4.78 is 11.6. The van der Waals surface area contributed by atoms with Crippen LogP contribution in [0, 0.1) is 0 Å². The molecule has 1 aromatic carbocycles. The lowest BCUT2D eigenvalue weighted by molar-refractivity contribution is -0.0729. The maximum absolute atomic E-state index is 8.76. The number of benzene rings is 1. The molecule has 1 heterocycles. The largest absolute Gasteiger partial charge is 0.396 e. The van der Waals surface area contributed by atoms with Gasteiger partial charge in [-0.2, -0.15) is 0 Å². The number of aliphatic hydroxyl groups excluding tert-OH is 1. The third-order valence-corrected chi connectivity index (χ3v) is 3.44. The molecule has 1 saturated heterocycles. The normalized spacial score (nSPS) is 25.2. The molecule has 2 rings (SSSR count). The summed E-state index contributed by atoms with van der Waals surface area (Å²) in [6, 6.07) is 10.3. The molecule has 0 amide bonds. The molecule has 18 heavy (non-hydrogen) atoms. The third kappa shape index (κ3) is 3.55. The fraction of sp³-hybridized carbons (Fsp3) is 0.600. The third-order valence-electron chi connectivity index (χ3n) is 3.44. The Morgan fingerprint density at radius 3 is 2.78 bits per heavy atom. The second-order valence-electron chi connectivity index (χ2n) is 4.88. The fourth-order valence-electron chi connectivity index (χ4n) is 2.28. The topological polar surface area (TPSA) is 38.7 Å². The van der Waals surface area contributed by atoms with E-state index in [1.165, 1.54) is 5.56 Å². The Bertz CT molecular complexity index is 339. The lowest BCUT2D eigenvalue weighted by atomic mass is 10.0. The van der Waals surface area contributed by atoms with Crippen molar-refractivity contribution in [3.05, 3.63) is 35.9 Å². The molecular weight excluding hydrogens is 228 g/mol. The molecule has 1 aliphatic rings. The average Bonchev–Trinajstić information content (AvgIpc) is 2.88. The Morgan fingerprint density at radius 2 is 2.06 bits per heavy atom. The zero-order chi connectivity index (χ0) is 12.8. The minimum atomic E-state index is -0.133. The molecule has 100 valence electrons. The van der Waals surface area contributed by atoms with Gasteiger partial charge < -0.3 is 14.6 Å². The van der Waals surface area contributed by atoms with Crippen LogP contribution < -0.4 is 0 Å². The van der Waals surface area contributed by atoms with Crippen molar-refractivity contribution in [2.24, 2.45) is 0 Å². The van der Waals surface area contributed by atoms with E-state index in [0.29, 0.717) is 6.61 Å². The summed E-state index contributed by atoms with van der Waals surface area (Å²) in [7, 11) is 0. The monoisotopic (exact) mass is 250 g/mol. The molecule has 0 saturated carbocycles. The Morgan fingerprint density at radius 1 is 1.28 bits per heavy atom. The van der Waals surface area contributed by atoms with E-state index in [1.54, 1.807) is 0 Å². The molecule has 3 atom stereocenters. The highest BCUT2D eigenvalue weighted by Gasteiger charge is 2.30. The van der Waals surface area contributed by atoms with E-state index in [9.17, 15) is 0 Å². The average molecular weight is 250 g/mol. The van der Waals surface area contributed by atoms with Gasteiger partial charge in [0.05, 0.1) is 12.7 Å². The number of rotatable bonds is 6.